The summed E-state index contributed by atoms with van der Waals surface area (Å²) in [7, 11) is -5.74. The fourth-order valence-electron chi connectivity index (χ4n) is 3.63. The van der Waals surface area contributed by atoms with Gasteiger partial charge < -0.3 is 0 Å². The minimum absolute atomic E-state index is 0.814. The van der Waals surface area contributed by atoms with Crippen LogP contribution in [-0.2, 0) is 0 Å². The largest absolute Gasteiger partial charge is 0.149 e. The molecule has 0 aliphatic heterocycles. The fraction of sp³-hybridized carbons (Fsp3) is 0.857. The summed E-state index contributed by atoms with van der Waals surface area (Å²) in [5.41, 5.74) is 8.11. The van der Waals surface area contributed by atoms with Crippen LogP contribution in [0.25, 0.3) is 0 Å². The van der Waals surface area contributed by atoms with Gasteiger partial charge in [0.2, 0.25) is 0 Å². The molecule has 0 aliphatic rings. The van der Waals surface area contributed by atoms with Crippen molar-refractivity contribution in [3.8, 4) is 11.1 Å². The van der Waals surface area contributed by atoms with Crippen LogP contribution in [0.15, 0.2) is 0 Å². The zero-order valence-corrected chi connectivity index (χ0v) is 22.5. The molecule has 0 nitrogen and oxygen atoms in total. The van der Waals surface area contributed by atoms with Crippen LogP contribution in [0.2, 0.25) is 78.6 Å². The van der Waals surface area contributed by atoms with Gasteiger partial charge >= 0.3 is 0 Å². The molecule has 0 spiro atoms. The maximum Gasteiger partial charge on any atom is 0.106 e. The molecule has 0 fully saturated rings. The van der Waals surface area contributed by atoms with Crippen molar-refractivity contribution < 1.29 is 0 Å². The van der Waals surface area contributed by atoms with Crippen molar-refractivity contribution in [2.75, 3.05) is 0 Å². The van der Waals surface area contributed by atoms with Crippen molar-refractivity contribution in [2.45, 2.75) is 78.6 Å². The van der Waals surface area contributed by atoms with Crippen molar-refractivity contribution in [2.24, 2.45) is 0 Å². The molecule has 0 saturated carbocycles. The Kier molecular flexibility index (Phi) is 6.82. The lowest BCUT2D eigenvalue weighted by Crippen LogP contribution is -2.60. The topological polar surface area (TPSA) is 0 Å². The molecule has 0 amide bonds. The van der Waals surface area contributed by atoms with Crippen LogP contribution >= 0.6 is 0 Å². The summed E-state index contributed by atoms with van der Waals surface area (Å²) >= 11 is 0. The van der Waals surface area contributed by atoms with E-state index in [0.717, 1.165) is 0 Å². The molecule has 118 valence electrons. The smallest absolute Gasteiger partial charge is 0.106 e. The maximum absolute atomic E-state index is 4.06. The van der Waals surface area contributed by atoms with Crippen LogP contribution < -0.4 is 0 Å². The first kappa shape index (κ1) is 20.9. The molecule has 0 heterocycles. The van der Waals surface area contributed by atoms with E-state index < -0.39 is 46.0 Å². The van der Waals surface area contributed by atoms with E-state index in [1.807, 2.05) is 0 Å². The fourth-order valence-corrected chi connectivity index (χ4v) is 82.4. The lowest BCUT2D eigenvalue weighted by atomic mass is 11.4. The van der Waals surface area contributed by atoms with Crippen LogP contribution in [0, 0.1) is 11.1 Å². The predicted octanol–water partition coefficient (Wildman–Crippen LogP) is 4.19. The highest BCUT2D eigenvalue weighted by Crippen LogP contribution is 2.19. The zero-order valence-electron chi connectivity index (χ0n) is 16.2. The second-order valence-electron chi connectivity index (χ2n) is 10.6. The van der Waals surface area contributed by atoms with Crippen LogP contribution in [0.3, 0.4) is 0 Å². The Balaban J connectivity index is 5.65. The van der Waals surface area contributed by atoms with Crippen molar-refractivity contribution in [1.82, 2.24) is 0 Å². The Morgan fingerprint density at radius 2 is 0.550 bits per heavy atom. The van der Waals surface area contributed by atoms with Crippen LogP contribution in [0.4, 0.5) is 0 Å². The molecule has 0 atom stereocenters. The first-order valence-corrected chi connectivity index (χ1v) is 30.4. The van der Waals surface area contributed by atoms with Gasteiger partial charge in [-0.15, -0.1) is 11.1 Å². The summed E-state index contributed by atoms with van der Waals surface area (Å²) in [4.78, 5) is 0. The zero-order chi connectivity index (χ0) is 16.6. The average molecular weight is 375 g/mol. The Labute approximate surface area is 135 Å². The Morgan fingerprint density at radius 3 is 0.650 bits per heavy atom. The van der Waals surface area contributed by atoms with E-state index in [9.17, 15) is 0 Å². The van der Waals surface area contributed by atoms with Gasteiger partial charge in [0.1, 0.15) is 15.7 Å². The molecule has 20 heavy (non-hydrogen) atoms. The Hall–Kier alpha value is 0.861. The average Bonchev–Trinajstić information content (AvgIpc) is 2.02. The molecule has 0 aromatic rings. The summed E-state index contributed by atoms with van der Waals surface area (Å²) in [6, 6.07) is 0. The van der Waals surface area contributed by atoms with Gasteiger partial charge in [-0.1, -0.05) is 78.6 Å². The molecule has 0 aromatic heterocycles. The first-order chi connectivity index (χ1) is 8.47. The minimum atomic E-state index is -1.03. The quantitative estimate of drug-likeness (QED) is 0.511. The van der Waals surface area contributed by atoms with E-state index in [1.54, 1.807) is 0 Å². The Bertz CT molecular complexity index is 314. The molecule has 0 aromatic carbocycles. The van der Waals surface area contributed by atoms with E-state index >= 15 is 0 Å². The lowest BCUT2D eigenvalue weighted by Gasteiger charge is -2.35. The molecule has 0 N–H and O–H groups in total. The third-order valence-electron chi connectivity index (χ3n) is 3.84. The third-order valence-corrected chi connectivity index (χ3v) is 65.7. The van der Waals surface area contributed by atoms with Gasteiger partial charge in [-0.05, 0) is 0 Å². The standard InChI is InChI=1S/C14H38Si6/c1-17(2,3)15(18(4,5)6)13-14-16(19(7,8)9)20(10,11)12/h15-16H,1-12H3. The molecule has 0 bridgehead atoms. The van der Waals surface area contributed by atoms with Gasteiger partial charge in [-0.3, -0.25) is 0 Å². The van der Waals surface area contributed by atoms with Gasteiger partial charge in [-0.2, -0.15) is 0 Å². The first-order valence-electron chi connectivity index (χ1n) is 7.98. The predicted molar refractivity (Wildman–Crippen MR) is 115 cm³/mol. The van der Waals surface area contributed by atoms with E-state index in [-0.39, 0.29) is 0 Å². The van der Waals surface area contributed by atoms with E-state index in [1.165, 1.54) is 0 Å². The normalized spacial score (nSPS) is 14.5. The molecule has 6 heteroatoms. The van der Waals surface area contributed by atoms with Crippen molar-refractivity contribution in [3.05, 3.63) is 0 Å². The number of hydrogen-bond acceptors (Lipinski definition) is 0. The molecule has 0 rings (SSSR count). The molecular formula is C14H38Si6. The molecular weight excluding hydrogens is 337 g/mol. The summed E-state index contributed by atoms with van der Waals surface area (Å²) in [6.07, 6.45) is 0. The van der Waals surface area contributed by atoms with Crippen molar-refractivity contribution in [3.63, 3.8) is 0 Å². The maximum atomic E-state index is 4.06. The second-order valence-corrected chi connectivity index (χ2v) is 63.0. The summed E-state index contributed by atoms with van der Waals surface area (Å²) in [5.74, 6) is 0. The highest BCUT2D eigenvalue weighted by atomic mass is 29.6. The molecule has 0 aliphatic carbocycles. The monoisotopic (exact) mass is 374 g/mol. The number of hydrogen-bond donors (Lipinski definition) is 0. The van der Waals surface area contributed by atoms with Gasteiger partial charge in [0.25, 0.3) is 0 Å². The SMILES string of the molecule is C[Si](C)(C)[SiH](C#C[SiH]([Si](C)(C)C)[Si](C)(C)C)[Si](C)(C)C. The van der Waals surface area contributed by atoms with E-state index in [2.05, 4.69) is 89.7 Å². The number of rotatable bonds is 4. The summed E-state index contributed by atoms with van der Waals surface area (Å²) in [5, 5.41) is 0. The van der Waals surface area contributed by atoms with Gasteiger partial charge in [0, 0.05) is 30.4 Å². The second kappa shape index (κ2) is 6.54. The van der Waals surface area contributed by atoms with E-state index in [0.29, 0.717) is 0 Å². The highest BCUT2D eigenvalue weighted by molar-refractivity contribution is 7.65. The molecule has 0 saturated heterocycles. The highest BCUT2D eigenvalue weighted by Gasteiger charge is 2.40. The van der Waals surface area contributed by atoms with Gasteiger partial charge in [0.15, 0.2) is 0 Å². The van der Waals surface area contributed by atoms with Gasteiger partial charge in [-0.25, -0.2) is 0 Å². The van der Waals surface area contributed by atoms with E-state index in [4.69, 9.17) is 0 Å². The van der Waals surface area contributed by atoms with Crippen LogP contribution in [0.1, 0.15) is 0 Å². The van der Waals surface area contributed by atoms with Crippen molar-refractivity contribution in [1.29, 1.82) is 0 Å². The Morgan fingerprint density at radius 1 is 0.400 bits per heavy atom. The molecule has 0 unspecified atom stereocenters. The minimum Gasteiger partial charge on any atom is -0.149 e. The third kappa shape index (κ3) is 6.75. The summed E-state index contributed by atoms with van der Waals surface area (Å²) in [6.45, 7) is 31.0. The summed E-state index contributed by atoms with van der Waals surface area (Å²) < 4.78 is 0. The molecule has 0 radical (unpaired) electrons. The van der Waals surface area contributed by atoms with Gasteiger partial charge in [0.05, 0.1) is 0 Å². The van der Waals surface area contributed by atoms with Crippen LogP contribution in [-0.4, -0.2) is 46.0 Å². The van der Waals surface area contributed by atoms with Crippen LogP contribution in [0.5, 0.6) is 0 Å². The van der Waals surface area contributed by atoms with Crippen molar-refractivity contribution >= 4 is 46.0 Å². The lowest BCUT2D eigenvalue weighted by molar-refractivity contribution is 1.80.